The number of alkyl halides is 3. The summed E-state index contributed by atoms with van der Waals surface area (Å²) in [7, 11) is 0. The van der Waals surface area contributed by atoms with E-state index in [4.69, 9.17) is 0 Å². The third-order valence-corrected chi connectivity index (χ3v) is 3.58. The average molecular weight is 358 g/mol. The smallest absolute Gasteiger partial charge is 0.385 e. The molecule has 0 unspecified atom stereocenters. The first kappa shape index (κ1) is 15.9. The van der Waals surface area contributed by atoms with Gasteiger partial charge in [0.05, 0.1) is 5.56 Å². The van der Waals surface area contributed by atoms with Gasteiger partial charge >= 0.3 is 6.18 Å². The second-order valence-electron chi connectivity index (χ2n) is 4.70. The van der Waals surface area contributed by atoms with Gasteiger partial charge in [-0.3, -0.25) is 0 Å². The molecule has 0 saturated heterocycles. The summed E-state index contributed by atoms with van der Waals surface area (Å²) in [6.45, 7) is 0.494. The molecule has 0 saturated carbocycles. The van der Waals surface area contributed by atoms with Crippen LogP contribution < -0.4 is 5.32 Å². The van der Waals surface area contributed by atoms with E-state index in [0.717, 1.165) is 18.9 Å². The number of halogens is 4. The summed E-state index contributed by atoms with van der Waals surface area (Å²) < 4.78 is 39.3. The fourth-order valence-corrected chi connectivity index (χ4v) is 2.43. The highest BCUT2D eigenvalue weighted by Crippen LogP contribution is 2.36. The Morgan fingerprint density at radius 2 is 1.71 bits per heavy atom. The van der Waals surface area contributed by atoms with E-state index in [0.29, 0.717) is 11.0 Å². The van der Waals surface area contributed by atoms with Crippen molar-refractivity contribution >= 4 is 21.6 Å². The van der Waals surface area contributed by atoms with Crippen LogP contribution in [0.15, 0.2) is 53.0 Å². The van der Waals surface area contributed by atoms with Gasteiger partial charge in [-0.1, -0.05) is 46.3 Å². The summed E-state index contributed by atoms with van der Waals surface area (Å²) in [6, 6.07) is 13.8. The zero-order chi connectivity index (χ0) is 15.3. The molecule has 0 aliphatic carbocycles. The minimum absolute atomic E-state index is 0.116. The molecular weight excluding hydrogens is 343 g/mol. The van der Waals surface area contributed by atoms with Gasteiger partial charge in [0.15, 0.2) is 0 Å². The molecule has 0 atom stereocenters. The number of aryl methyl sites for hydroxylation is 1. The van der Waals surface area contributed by atoms with Crippen molar-refractivity contribution in [1.29, 1.82) is 0 Å². The van der Waals surface area contributed by atoms with Crippen molar-refractivity contribution in [3.05, 3.63) is 64.1 Å². The SMILES string of the molecule is FC(F)(F)c1ccc(Br)cc1NCCCc1ccccc1. The minimum atomic E-state index is -4.34. The minimum Gasteiger partial charge on any atom is -0.385 e. The van der Waals surface area contributed by atoms with Crippen LogP contribution in [0.5, 0.6) is 0 Å². The number of hydrogen-bond acceptors (Lipinski definition) is 1. The molecule has 0 aromatic heterocycles. The zero-order valence-corrected chi connectivity index (χ0v) is 12.8. The topological polar surface area (TPSA) is 12.0 Å². The van der Waals surface area contributed by atoms with E-state index in [1.54, 1.807) is 0 Å². The summed E-state index contributed by atoms with van der Waals surface area (Å²) in [6.07, 6.45) is -2.74. The Morgan fingerprint density at radius 1 is 1.00 bits per heavy atom. The van der Waals surface area contributed by atoms with Gasteiger partial charge in [-0.25, -0.2) is 0 Å². The summed E-state index contributed by atoms with van der Waals surface area (Å²) >= 11 is 3.20. The fraction of sp³-hybridized carbons (Fsp3) is 0.250. The van der Waals surface area contributed by atoms with E-state index in [2.05, 4.69) is 21.2 Å². The predicted octanol–water partition coefficient (Wildman–Crippen LogP) is 5.51. The van der Waals surface area contributed by atoms with Crippen molar-refractivity contribution in [1.82, 2.24) is 0 Å². The Balaban J connectivity index is 1.95. The van der Waals surface area contributed by atoms with Crippen LogP contribution in [-0.2, 0) is 12.6 Å². The van der Waals surface area contributed by atoms with Gasteiger partial charge in [-0.2, -0.15) is 13.2 Å². The van der Waals surface area contributed by atoms with Crippen molar-refractivity contribution in [2.24, 2.45) is 0 Å². The highest BCUT2D eigenvalue weighted by atomic mass is 79.9. The number of benzene rings is 2. The molecule has 5 heteroatoms. The molecule has 2 rings (SSSR count). The summed E-state index contributed by atoms with van der Waals surface area (Å²) in [5.41, 5.74) is 0.667. The second kappa shape index (κ2) is 6.98. The lowest BCUT2D eigenvalue weighted by Gasteiger charge is -2.15. The van der Waals surface area contributed by atoms with Crippen molar-refractivity contribution < 1.29 is 13.2 Å². The van der Waals surface area contributed by atoms with Crippen molar-refractivity contribution in [2.75, 3.05) is 11.9 Å². The van der Waals surface area contributed by atoms with Gasteiger partial charge in [-0.15, -0.1) is 0 Å². The first-order valence-corrected chi connectivity index (χ1v) is 7.40. The molecule has 21 heavy (non-hydrogen) atoms. The van der Waals surface area contributed by atoms with E-state index >= 15 is 0 Å². The number of anilines is 1. The third-order valence-electron chi connectivity index (χ3n) is 3.09. The van der Waals surface area contributed by atoms with Crippen LogP contribution >= 0.6 is 15.9 Å². The lowest BCUT2D eigenvalue weighted by molar-refractivity contribution is -0.137. The Morgan fingerprint density at radius 3 is 2.38 bits per heavy atom. The van der Waals surface area contributed by atoms with Crippen molar-refractivity contribution in [3.63, 3.8) is 0 Å². The van der Waals surface area contributed by atoms with Gasteiger partial charge in [-0.05, 0) is 36.6 Å². The number of hydrogen-bond donors (Lipinski definition) is 1. The molecule has 0 spiro atoms. The molecule has 0 bridgehead atoms. The largest absolute Gasteiger partial charge is 0.418 e. The monoisotopic (exact) mass is 357 g/mol. The molecule has 0 aliphatic heterocycles. The molecule has 0 aliphatic rings. The van der Waals surface area contributed by atoms with Crippen LogP contribution in [0.4, 0.5) is 18.9 Å². The molecule has 0 fully saturated rings. The summed E-state index contributed by atoms with van der Waals surface area (Å²) in [4.78, 5) is 0. The molecule has 0 amide bonds. The van der Waals surface area contributed by atoms with Crippen LogP contribution in [0.2, 0.25) is 0 Å². The highest BCUT2D eigenvalue weighted by Gasteiger charge is 2.33. The zero-order valence-electron chi connectivity index (χ0n) is 11.3. The summed E-state index contributed by atoms with van der Waals surface area (Å²) in [5, 5.41) is 2.88. The van der Waals surface area contributed by atoms with Gasteiger partial charge in [0.1, 0.15) is 0 Å². The molecule has 0 radical (unpaired) electrons. The maximum Gasteiger partial charge on any atom is 0.418 e. The molecule has 0 heterocycles. The molecule has 2 aromatic rings. The second-order valence-corrected chi connectivity index (χ2v) is 5.62. The van der Waals surface area contributed by atoms with Gasteiger partial charge in [0.2, 0.25) is 0 Å². The molecule has 2 aromatic carbocycles. The van der Waals surface area contributed by atoms with Gasteiger partial charge < -0.3 is 5.32 Å². The van der Waals surface area contributed by atoms with Crippen molar-refractivity contribution in [2.45, 2.75) is 19.0 Å². The maximum atomic E-state index is 12.9. The van der Waals surface area contributed by atoms with Crippen LogP contribution in [0.3, 0.4) is 0 Å². The lowest BCUT2D eigenvalue weighted by atomic mass is 10.1. The van der Waals surface area contributed by atoms with E-state index in [-0.39, 0.29) is 5.69 Å². The average Bonchev–Trinajstić information content (AvgIpc) is 2.43. The Labute approximate surface area is 130 Å². The number of nitrogens with one attached hydrogen (secondary N) is 1. The van der Waals surface area contributed by atoms with Gasteiger partial charge in [0, 0.05) is 16.7 Å². The third kappa shape index (κ3) is 4.77. The van der Waals surface area contributed by atoms with Crippen LogP contribution in [0.1, 0.15) is 17.5 Å². The Bertz CT molecular complexity index is 582. The van der Waals surface area contributed by atoms with E-state index < -0.39 is 11.7 Å². The molecule has 1 N–H and O–H groups in total. The Hall–Kier alpha value is -1.49. The van der Waals surface area contributed by atoms with E-state index in [1.165, 1.54) is 17.7 Å². The Kier molecular flexibility index (Phi) is 5.28. The van der Waals surface area contributed by atoms with Crippen LogP contribution in [-0.4, -0.2) is 6.54 Å². The van der Waals surface area contributed by atoms with E-state index in [1.807, 2.05) is 30.3 Å². The molecule has 112 valence electrons. The maximum absolute atomic E-state index is 12.9. The molecular formula is C16H15BrF3N. The lowest BCUT2D eigenvalue weighted by Crippen LogP contribution is -2.12. The summed E-state index contributed by atoms with van der Waals surface area (Å²) in [5.74, 6) is 0. The fourth-order valence-electron chi connectivity index (χ4n) is 2.07. The first-order valence-electron chi connectivity index (χ1n) is 6.61. The first-order chi connectivity index (χ1) is 9.97. The standard InChI is InChI=1S/C16H15BrF3N/c17-13-8-9-14(16(18,19)20)15(11-13)21-10-4-7-12-5-2-1-3-6-12/h1-3,5-6,8-9,11,21H,4,7,10H2. The molecule has 1 nitrogen and oxygen atoms in total. The van der Waals surface area contributed by atoms with E-state index in [9.17, 15) is 13.2 Å². The predicted molar refractivity (Wildman–Crippen MR) is 82.4 cm³/mol. The van der Waals surface area contributed by atoms with Crippen LogP contribution in [0, 0.1) is 0 Å². The van der Waals surface area contributed by atoms with Crippen molar-refractivity contribution in [3.8, 4) is 0 Å². The highest BCUT2D eigenvalue weighted by molar-refractivity contribution is 9.10. The van der Waals surface area contributed by atoms with Crippen LogP contribution in [0.25, 0.3) is 0 Å². The quantitative estimate of drug-likeness (QED) is 0.695. The number of rotatable bonds is 5. The normalized spacial score (nSPS) is 11.4. The van der Waals surface area contributed by atoms with Gasteiger partial charge in [0.25, 0.3) is 0 Å².